The van der Waals surface area contributed by atoms with E-state index in [1.165, 1.54) is 10.9 Å². The number of halogens is 2. The van der Waals surface area contributed by atoms with Gasteiger partial charge in [-0.2, -0.15) is 4.98 Å². The number of aromatic nitrogens is 4. The van der Waals surface area contributed by atoms with E-state index in [4.69, 9.17) is 59.3 Å². The highest BCUT2D eigenvalue weighted by Gasteiger charge is 2.56. The molecule has 0 bridgehead atoms. The largest absolute Gasteiger partial charge is 0.462 e. The number of esters is 1. The quantitative estimate of drug-likeness (QED) is 0.110. The summed E-state index contributed by atoms with van der Waals surface area (Å²) in [6.45, 7) is 6.62. The Hall–Kier alpha value is -1.33. The predicted molar refractivity (Wildman–Crippen MR) is 164 cm³/mol. The van der Waals surface area contributed by atoms with E-state index in [0.717, 1.165) is 11.8 Å². The summed E-state index contributed by atoms with van der Waals surface area (Å²) in [5.41, 5.74) is 4.56. The Morgan fingerprint density at radius 1 is 1.36 bits per heavy atom. The number of nitrogens with zero attached hydrogens (tertiary/aromatic N) is 3. The van der Waals surface area contributed by atoms with E-state index in [0.29, 0.717) is 0 Å². The Bertz CT molecular complexity index is 1400. The third kappa shape index (κ3) is 8.43. The van der Waals surface area contributed by atoms with Crippen molar-refractivity contribution < 1.29 is 33.2 Å². The number of thioether (sulfide) groups is 1. The summed E-state index contributed by atoms with van der Waals surface area (Å²) in [4.78, 5) is 47.4. The number of aliphatic hydroxyl groups excluding tert-OH is 1. The number of nitrogens with two attached hydrogens (primary N) is 1. The van der Waals surface area contributed by atoms with E-state index in [9.17, 15) is 19.5 Å². The molecule has 14 nitrogen and oxygen atoms in total. The maximum atomic E-state index is 12.5. The van der Waals surface area contributed by atoms with Crippen LogP contribution in [0.5, 0.6) is 0 Å². The topological polar surface area (TPSA) is 193 Å². The molecule has 5 N–H and O–H groups in total. The number of imidazole rings is 1. The van der Waals surface area contributed by atoms with Crippen LogP contribution in [-0.4, -0.2) is 83.4 Å². The van der Waals surface area contributed by atoms with Crippen LogP contribution in [0.15, 0.2) is 11.1 Å². The fourth-order valence-electron chi connectivity index (χ4n) is 3.64. The Morgan fingerprint density at radius 2 is 2.02 bits per heavy atom. The van der Waals surface area contributed by atoms with Crippen LogP contribution in [0.25, 0.3) is 11.2 Å². The van der Waals surface area contributed by atoms with Crippen molar-refractivity contribution in [2.24, 2.45) is 5.41 Å². The first-order valence-corrected chi connectivity index (χ1v) is 17.2. The second-order valence-corrected chi connectivity index (χ2v) is 16.5. The minimum atomic E-state index is -3.44. The van der Waals surface area contributed by atoms with Gasteiger partial charge in [0.05, 0.1) is 25.6 Å². The molecule has 2 aromatic rings. The molecule has 236 valence electrons. The fraction of sp³-hybridized carbons (Fsp3) is 0.696. The maximum absolute atomic E-state index is 12.5. The number of hydrogen-bond acceptors (Lipinski definition) is 13. The standard InChI is InChI=1S/C23H35Cl2N6O8PS2/c1-11(2)38-18(34)12(3)30-40(41,36-7-8-42-20(35)22(4,5)6)37-9-13-15(32)23(24,25)19(39-13)31-10-27-14-16(31)28-21(26)29-17(14)33/h10-13,15,19,32H,7-9H2,1-6H3,(H,30,41)(H3,26,28,29,33)/t12-,13+,15+,19+,40+/m0/s1. The number of fused-ring (bicyclic) bond motifs is 1. The van der Waals surface area contributed by atoms with Crippen molar-refractivity contribution in [1.82, 2.24) is 24.6 Å². The van der Waals surface area contributed by atoms with E-state index in [-0.39, 0.29) is 47.3 Å². The second-order valence-electron chi connectivity index (χ2n) is 10.8. The lowest BCUT2D eigenvalue weighted by Crippen LogP contribution is -2.39. The summed E-state index contributed by atoms with van der Waals surface area (Å²) < 4.78 is 22.4. The Kier molecular flexibility index (Phi) is 11.5. The van der Waals surface area contributed by atoms with Crippen molar-refractivity contribution in [1.29, 1.82) is 0 Å². The summed E-state index contributed by atoms with van der Waals surface area (Å²) in [6, 6.07) is -0.906. The molecular weight excluding hydrogens is 654 g/mol. The normalized spacial score (nSPS) is 22.8. The summed E-state index contributed by atoms with van der Waals surface area (Å²) in [5.74, 6) is -0.459. The van der Waals surface area contributed by atoms with Gasteiger partial charge in [0.1, 0.15) is 18.2 Å². The van der Waals surface area contributed by atoms with Gasteiger partial charge in [-0.3, -0.25) is 23.9 Å². The van der Waals surface area contributed by atoms with E-state index in [2.05, 4.69) is 20.0 Å². The molecule has 0 unspecified atom stereocenters. The minimum absolute atomic E-state index is 0.0248. The number of alkyl halides is 2. The molecule has 19 heteroatoms. The van der Waals surface area contributed by atoms with Crippen molar-refractivity contribution in [3.8, 4) is 0 Å². The minimum Gasteiger partial charge on any atom is -0.462 e. The summed E-state index contributed by atoms with van der Waals surface area (Å²) in [5, 5.41) is 13.8. The van der Waals surface area contributed by atoms with Crippen molar-refractivity contribution in [2.75, 3.05) is 24.7 Å². The zero-order valence-electron chi connectivity index (χ0n) is 23.8. The van der Waals surface area contributed by atoms with Gasteiger partial charge in [-0.15, -0.1) is 0 Å². The smallest absolute Gasteiger partial charge is 0.323 e. The number of aliphatic hydroxyl groups is 1. The number of ether oxygens (including phenoxy) is 2. The van der Waals surface area contributed by atoms with Gasteiger partial charge in [0.15, 0.2) is 26.8 Å². The van der Waals surface area contributed by atoms with E-state index < -0.39 is 52.4 Å². The number of hydrogen-bond donors (Lipinski definition) is 4. The zero-order valence-corrected chi connectivity index (χ0v) is 27.9. The molecule has 0 radical (unpaired) electrons. The van der Waals surface area contributed by atoms with Gasteiger partial charge in [0.2, 0.25) is 5.95 Å². The molecule has 0 amide bonds. The third-order valence-corrected chi connectivity index (χ3v) is 10.5. The molecule has 0 aliphatic carbocycles. The molecule has 0 spiro atoms. The number of H-pyrrole nitrogens is 1. The first kappa shape index (κ1) is 35.2. The first-order chi connectivity index (χ1) is 19.4. The molecule has 1 fully saturated rings. The van der Waals surface area contributed by atoms with Crippen LogP contribution in [0.3, 0.4) is 0 Å². The van der Waals surface area contributed by atoms with Crippen LogP contribution >= 0.6 is 41.6 Å². The molecule has 2 aromatic heterocycles. The highest BCUT2D eigenvalue weighted by atomic mass is 35.5. The summed E-state index contributed by atoms with van der Waals surface area (Å²) in [7, 11) is 0. The van der Waals surface area contributed by atoms with E-state index in [1.54, 1.807) is 20.8 Å². The van der Waals surface area contributed by atoms with Crippen LogP contribution in [0.4, 0.5) is 5.95 Å². The number of aromatic amines is 1. The lowest BCUT2D eigenvalue weighted by Gasteiger charge is -2.28. The van der Waals surface area contributed by atoms with E-state index in [1.807, 2.05) is 20.8 Å². The molecule has 3 rings (SSSR count). The van der Waals surface area contributed by atoms with Crippen LogP contribution in [0.1, 0.15) is 47.8 Å². The van der Waals surface area contributed by atoms with Gasteiger partial charge in [0.25, 0.3) is 12.2 Å². The van der Waals surface area contributed by atoms with Crippen molar-refractivity contribution in [3.63, 3.8) is 0 Å². The molecule has 0 saturated carbocycles. The molecule has 1 aliphatic heterocycles. The number of rotatable bonds is 12. The lowest BCUT2D eigenvalue weighted by molar-refractivity contribution is -0.149. The summed E-state index contributed by atoms with van der Waals surface area (Å²) >= 11 is 19.8. The Labute approximate surface area is 261 Å². The molecule has 3 heterocycles. The molecule has 1 aliphatic rings. The van der Waals surface area contributed by atoms with Crippen LogP contribution < -0.4 is 16.4 Å². The fourth-order valence-corrected chi connectivity index (χ4v) is 7.50. The third-order valence-electron chi connectivity index (χ3n) is 5.74. The monoisotopic (exact) mass is 688 g/mol. The van der Waals surface area contributed by atoms with Crippen LogP contribution in [-0.2, 0) is 39.9 Å². The average molecular weight is 690 g/mol. The molecule has 1 saturated heterocycles. The van der Waals surface area contributed by atoms with Gasteiger partial charge in [0, 0.05) is 11.2 Å². The van der Waals surface area contributed by atoms with Gasteiger partial charge in [-0.1, -0.05) is 55.7 Å². The number of anilines is 1. The number of nitrogens with one attached hydrogen (secondary N) is 2. The van der Waals surface area contributed by atoms with Gasteiger partial charge in [-0.25, -0.2) is 10.1 Å². The Balaban J connectivity index is 1.77. The predicted octanol–water partition coefficient (Wildman–Crippen LogP) is 2.63. The zero-order chi connectivity index (χ0) is 31.6. The number of carbonyl (C=O) groups is 2. The molecular formula is C23H35Cl2N6O8PS2. The average Bonchev–Trinajstić information content (AvgIpc) is 3.37. The van der Waals surface area contributed by atoms with Crippen molar-refractivity contribution in [3.05, 3.63) is 16.7 Å². The highest BCUT2D eigenvalue weighted by molar-refractivity contribution is 8.13. The molecule has 42 heavy (non-hydrogen) atoms. The Morgan fingerprint density at radius 3 is 2.64 bits per heavy atom. The van der Waals surface area contributed by atoms with Gasteiger partial charge < -0.3 is 29.4 Å². The van der Waals surface area contributed by atoms with Crippen LogP contribution in [0, 0.1) is 5.41 Å². The lowest BCUT2D eigenvalue weighted by atomic mass is 10.00. The van der Waals surface area contributed by atoms with Gasteiger partial charge in [-0.05, 0) is 32.6 Å². The SMILES string of the molecule is CC(C)OC(=O)[C@H](C)N[P@@](=S)(OCCSC(=O)C(C)(C)C)OC[C@H]1O[C@@H](n2cnc3c(=O)[nH]c(N)nc32)C(Cl)(Cl)[C@@H]1O. The van der Waals surface area contributed by atoms with Crippen molar-refractivity contribution in [2.45, 2.75) is 76.5 Å². The second kappa shape index (κ2) is 13.8. The van der Waals surface area contributed by atoms with Crippen LogP contribution in [0.2, 0.25) is 0 Å². The molecule has 0 aromatic carbocycles. The number of nitrogen functional groups attached to an aromatic ring is 1. The number of carbonyl (C=O) groups excluding carboxylic acids is 2. The summed E-state index contributed by atoms with van der Waals surface area (Å²) in [6.07, 6.45) is -3.02. The maximum Gasteiger partial charge on any atom is 0.323 e. The molecule has 5 atom stereocenters. The van der Waals surface area contributed by atoms with Crippen molar-refractivity contribution >= 4 is 81.6 Å². The highest BCUT2D eigenvalue weighted by Crippen LogP contribution is 2.50. The van der Waals surface area contributed by atoms with E-state index >= 15 is 0 Å². The van der Waals surface area contributed by atoms with Gasteiger partial charge >= 0.3 is 5.97 Å². The first-order valence-electron chi connectivity index (χ1n) is 12.8.